The van der Waals surface area contributed by atoms with Crippen molar-refractivity contribution in [2.45, 2.75) is 76.7 Å². The maximum Gasteiger partial charge on any atom is 0.239 e. The number of carbonyl (C=O) groups excluding carboxylic acids is 2. The predicted octanol–water partition coefficient (Wildman–Crippen LogP) is 3.06. The molecule has 1 rings (SSSR count). The van der Waals surface area contributed by atoms with Gasteiger partial charge < -0.3 is 11.1 Å². The Labute approximate surface area is 128 Å². The minimum absolute atomic E-state index is 0.0187. The zero-order chi connectivity index (χ0) is 15.5. The van der Waals surface area contributed by atoms with Gasteiger partial charge in [-0.3, -0.25) is 9.59 Å². The van der Waals surface area contributed by atoms with E-state index in [-0.39, 0.29) is 11.8 Å². The Hall–Kier alpha value is -1.32. The second-order valence-electron chi connectivity index (χ2n) is 6.08. The van der Waals surface area contributed by atoms with Crippen molar-refractivity contribution in [3.8, 4) is 0 Å². The number of amides is 2. The lowest BCUT2D eigenvalue weighted by atomic mass is 9.88. The highest BCUT2D eigenvalue weighted by molar-refractivity contribution is 5.87. The third-order valence-corrected chi connectivity index (χ3v) is 4.29. The van der Waals surface area contributed by atoms with E-state index in [9.17, 15) is 9.59 Å². The fourth-order valence-corrected chi connectivity index (χ4v) is 2.93. The van der Waals surface area contributed by atoms with E-state index in [0.717, 1.165) is 57.8 Å². The molecule has 0 bridgehead atoms. The lowest BCUT2D eigenvalue weighted by Crippen LogP contribution is -2.46. The van der Waals surface area contributed by atoms with Crippen LogP contribution in [0, 0.1) is 5.92 Å². The van der Waals surface area contributed by atoms with E-state index in [1.807, 2.05) is 6.08 Å². The molecular weight excluding hydrogens is 264 g/mol. The molecule has 21 heavy (non-hydrogen) atoms. The normalized spacial score (nSPS) is 17.1. The molecule has 1 fully saturated rings. The Bertz CT molecular complexity index is 336. The van der Waals surface area contributed by atoms with E-state index >= 15 is 0 Å². The number of nitrogens with two attached hydrogens (primary N) is 1. The van der Waals surface area contributed by atoms with Gasteiger partial charge in [-0.25, -0.2) is 0 Å². The molecule has 0 heterocycles. The van der Waals surface area contributed by atoms with Crippen LogP contribution in [0.1, 0.15) is 70.6 Å². The molecule has 0 radical (unpaired) electrons. The minimum Gasteiger partial charge on any atom is -0.368 e. The van der Waals surface area contributed by atoms with Crippen LogP contribution in [0.15, 0.2) is 12.7 Å². The van der Waals surface area contributed by atoms with Crippen molar-refractivity contribution in [2.24, 2.45) is 11.7 Å². The summed E-state index contributed by atoms with van der Waals surface area (Å²) in [7, 11) is 0. The van der Waals surface area contributed by atoms with E-state index in [0.29, 0.717) is 6.42 Å². The zero-order valence-corrected chi connectivity index (χ0v) is 13.1. The maximum absolute atomic E-state index is 12.2. The van der Waals surface area contributed by atoms with Gasteiger partial charge in [-0.2, -0.15) is 0 Å². The number of hydrogen-bond donors (Lipinski definition) is 2. The molecule has 0 unspecified atom stereocenters. The van der Waals surface area contributed by atoms with Gasteiger partial charge in [0.2, 0.25) is 11.8 Å². The fraction of sp³-hybridized carbons (Fsp3) is 0.765. The Morgan fingerprint density at radius 3 is 2.43 bits per heavy atom. The van der Waals surface area contributed by atoms with Crippen LogP contribution < -0.4 is 11.1 Å². The van der Waals surface area contributed by atoms with E-state index in [1.54, 1.807) is 0 Å². The van der Waals surface area contributed by atoms with Gasteiger partial charge in [-0.05, 0) is 32.1 Å². The van der Waals surface area contributed by atoms with Gasteiger partial charge in [-0.1, -0.05) is 44.6 Å². The number of rotatable bonds is 10. The first-order valence-corrected chi connectivity index (χ1v) is 8.35. The molecule has 1 saturated carbocycles. The van der Waals surface area contributed by atoms with Crippen molar-refractivity contribution in [3.63, 3.8) is 0 Å². The molecule has 1 aliphatic rings. The SMILES string of the molecule is C=CCCCCCC[C@@H](NC(=O)C1CCCCC1)C(N)=O. The summed E-state index contributed by atoms with van der Waals surface area (Å²) in [5, 5.41) is 2.86. The number of hydrogen-bond acceptors (Lipinski definition) is 2. The summed E-state index contributed by atoms with van der Waals surface area (Å²) in [5.41, 5.74) is 5.41. The standard InChI is InChI=1S/C17H30N2O2/c1-2-3-4-5-6-10-13-15(16(18)20)19-17(21)14-11-8-7-9-12-14/h2,14-15H,1,3-13H2,(H2,18,20)(H,19,21)/t15-/m1/s1. The van der Waals surface area contributed by atoms with Gasteiger partial charge in [0, 0.05) is 5.92 Å². The van der Waals surface area contributed by atoms with Crippen LogP contribution in [0.25, 0.3) is 0 Å². The predicted molar refractivity (Wildman–Crippen MR) is 85.6 cm³/mol. The third-order valence-electron chi connectivity index (χ3n) is 4.29. The third kappa shape index (κ3) is 7.30. The molecule has 0 aliphatic heterocycles. The molecule has 4 nitrogen and oxygen atoms in total. The van der Waals surface area contributed by atoms with Crippen LogP contribution in [0.5, 0.6) is 0 Å². The molecule has 120 valence electrons. The first kappa shape index (κ1) is 17.7. The summed E-state index contributed by atoms with van der Waals surface area (Å²) in [5.74, 6) is -0.316. The van der Waals surface area contributed by atoms with Crippen LogP contribution in [0.2, 0.25) is 0 Å². The van der Waals surface area contributed by atoms with Gasteiger partial charge >= 0.3 is 0 Å². The fourth-order valence-electron chi connectivity index (χ4n) is 2.93. The lowest BCUT2D eigenvalue weighted by molar-refractivity contribution is -0.130. The first-order valence-electron chi connectivity index (χ1n) is 8.35. The summed E-state index contributed by atoms with van der Waals surface area (Å²) in [6, 6.07) is -0.501. The van der Waals surface area contributed by atoms with Crippen molar-refractivity contribution in [1.29, 1.82) is 0 Å². The summed E-state index contributed by atoms with van der Waals surface area (Å²) >= 11 is 0. The lowest BCUT2D eigenvalue weighted by Gasteiger charge is -2.23. The van der Waals surface area contributed by atoms with Crippen molar-refractivity contribution in [2.75, 3.05) is 0 Å². The number of nitrogens with one attached hydrogen (secondary N) is 1. The highest BCUT2D eigenvalue weighted by atomic mass is 16.2. The summed E-state index contributed by atoms with van der Waals surface area (Å²) in [6.45, 7) is 3.70. The molecule has 0 aromatic heterocycles. The van der Waals surface area contributed by atoms with Crippen LogP contribution >= 0.6 is 0 Å². The quantitative estimate of drug-likeness (QED) is 0.480. The Morgan fingerprint density at radius 2 is 1.81 bits per heavy atom. The van der Waals surface area contributed by atoms with Gasteiger partial charge in [0.15, 0.2) is 0 Å². The molecule has 0 aromatic rings. The van der Waals surface area contributed by atoms with E-state index < -0.39 is 11.9 Å². The Balaban J connectivity index is 2.26. The highest BCUT2D eigenvalue weighted by Gasteiger charge is 2.25. The molecule has 4 heteroatoms. The van der Waals surface area contributed by atoms with Gasteiger partial charge in [-0.15, -0.1) is 6.58 Å². The average Bonchev–Trinajstić information content (AvgIpc) is 2.50. The largest absolute Gasteiger partial charge is 0.368 e. The second-order valence-corrected chi connectivity index (χ2v) is 6.08. The smallest absolute Gasteiger partial charge is 0.239 e. The summed E-state index contributed by atoms with van der Waals surface area (Å²) in [4.78, 5) is 23.6. The molecule has 1 aliphatic carbocycles. The van der Waals surface area contributed by atoms with Crippen LogP contribution in [-0.4, -0.2) is 17.9 Å². The Morgan fingerprint density at radius 1 is 1.14 bits per heavy atom. The van der Waals surface area contributed by atoms with Gasteiger partial charge in [0.05, 0.1) is 0 Å². The van der Waals surface area contributed by atoms with Crippen LogP contribution in [0.4, 0.5) is 0 Å². The van der Waals surface area contributed by atoms with Crippen molar-refractivity contribution in [3.05, 3.63) is 12.7 Å². The van der Waals surface area contributed by atoms with Crippen molar-refractivity contribution >= 4 is 11.8 Å². The number of unbranched alkanes of at least 4 members (excludes halogenated alkanes) is 4. The zero-order valence-electron chi connectivity index (χ0n) is 13.1. The van der Waals surface area contributed by atoms with Crippen molar-refractivity contribution < 1.29 is 9.59 Å². The maximum atomic E-state index is 12.2. The number of primary amides is 1. The van der Waals surface area contributed by atoms with Crippen LogP contribution in [0.3, 0.4) is 0 Å². The Kier molecular flexibility index (Phi) is 8.79. The molecule has 1 atom stereocenters. The molecular formula is C17H30N2O2. The number of allylic oxidation sites excluding steroid dienone is 1. The average molecular weight is 294 g/mol. The molecule has 2 amide bonds. The van der Waals surface area contributed by atoms with Crippen molar-refractivity contribution in [1.82, 2.24) is 5.32 Å². The highest BCUT2D eigenvalue weighted by Crippen LogP contribution is 2.23. The van der Waals surface area contributed by atoms with E-state index in [4.69, 9.17) is 5.73 Å². The summed E-state index contributed by atoms with van der Waals surface area (Å²) < 4.78 is 0. The molecule has 3 N–H and O–H groups in total. The minimum atomic E-state index is -0.501. The van der Waals surface area contributed by atoms with Gasteiger partial charge in [0.1, 0.15) is 6.04 Å². The molecule has 0 saturated heterocycles. The first-order chi connectivity index (χ1) is 10.1. The topological polar surface area (TPSA) is 72.2 Å². The van der Waals surface area contributed by atoms with Crippen LogP contribution in [-0.2, 0) is 9.59 Å². The molecule has 0 spiro atoms. The van der Waals surface area contributed by atoms with E-state index in [2.05, 4.69) is 11.9 Å². The van der Waals surface area contributed by atoms with E-state index in [1.165, 1.54) is 6.42 Å². The summed E-state index contributed by atoms with van der Waals surface area (Å²) in [6.07, 6.45) is 13.2. The monoisotopic (exact) mass is 294 g/mol. The van der Waals surface area contributed by atoms with Gasteiger partial charge in [0.25, 0.3) is 0 Å². The second kappa shape index (κ2) is 10.4. The number of carbonyl (C=O) groups is 2. The molecule has 0 aromatic carbocycles.